The van der Waals surface area contributed by atoms with E-state index in [0.29, 0.717) is 27.1 Å². The van der Waals surface area contributed by atoms with Crippen LogP contribution in [0.2, 0.25) is 10.0 Å². The molecular formula is C23H22Cl2N6O2. The average Bonchev–Trinajstić information content (AvgIpc) is 3.11. The number of carbonyl (C=O) groups is 2. The maximum absolute atomic E-state index is 12.8. The highest BCUT2D eigenvalue weighted by Gasteiger charge is 2.17. The van der Waals surface area contributed by atoms with Crippen LogP contribution in [-0.4, -0.2) is 48.0 Å². The second-order valence-electron chi connectivity index (χ2n) is 7.46. The molecule has 0 aliphatic carbocycles. The number of pyridine rings is 2. The highest BCUT2D eigenvalue weighted by Crippen LogP contribution is 2.23. The van der Waals surface area contributed by atoms with E-state index in [-0.39, 0.29) is 11.5 Å². The van der Waals surface area contributed by atoms with Crippen LogP contribution in [0.1, 0.15) is 27.1 Å². The summed E-state index contributed by atoms with van der Waals surface area (Å²) in [6.45, 7) is 3.67. The first-order chi connectivity index (χ1) is 16.0. The van der Waals surface area contributed by atoms with E-state index in [2.05, 4.69) is 30.8 Å². The maximum atomic E-state index is 12.8. The molecule has 1 saturated heterocycles. The minimum Gasteiger partial charge on any atom is -0.355 e. The van der Waals surface area contributed by atoms with Crippen LogP contribution in [0.3, 0.4) is 0 Å². The number of aromatic nitrogens is 2. The molecule has 3 heterocycles. The summed E-state index contributed by atoms with van der Waals surface area (Å²) in [6.07, 6.45) is 4.00. The molecule has 33 heavy (non-hydrogen) atoms. The Kier molecular flexibility index (Phi) is 7.39. The van der Waals surface area contributed by atoms with Gasteiger partial charge in [-0.05, 0) is 55.4 Å². The van der Waals surface area contributed by atoms with Crippen LogP contribution in [0.5, 0.6) is 0 Å². The van der Waals surface area contributed by atoms with Crippen LogP contribution in [-0.2, 0) is 0 Å². The zero-order valence-electron chi connectivity index (χ0n) is 17.6. The van der Waals surface area contributed by atoms with E-state index in [1.54, 1.807) is 30.3 Å². The van der Waals surface area contributed by atoms with Crippen molar-refractivity contribution in [2.75, 3.05) is 41.7 Å². The molecule has 0 bridgehead atoms. The van der Waals surface area contributed by atoms with Crippen molar-refractivity contribution in [3.05, 3.63) is 76.0 Å². The molecule has 0 atom stereocenters. The molecule has 1 aliphatic rings. The Labute approximate surface area is 201 Å². The van der Waals surface area contributed by atoms with Crippen molar-refractivity contribution in [2.45, 2.75) is 6.42 Å². The van der Waals surface area contributed by atoms with Gasteiger partial charge in [-0.3, -0.25) is 9.59 Å². The normalized spacial score (nSPS) is 13.8. The summed E-state index contributed by atoms with van der Waals surface area (Å²) < 4.78 is 0. The zero-order valence-corrected chi connectivity index (χ0v) is 19.2. The molecule has 1 fully saturated rings. The monoisotopic (exact) mass is 484 g/mol. The maximum Gasteiger partial charge on any atom is 0.258 e. The van der Waals surface area contributed by atoms with Gasteiger partial charge in [0, 0.05) is 37.1 Å². The quantitative estimate of drug-likeness (QED) is 0.504. The van der Waals surface area contributed by atoms with Gasteiger partial charge in [0.15, 0.2) is 0 Å². The van der Waals surface area contributed by atoms with E-state index in [4.69, 9.17) is 23.2 Å². The molecule has 10 heteroatoms. The van der Waals surface area contributed by atoms with E-state index < -0.39 is 5.91 Å². The Morgan fingerprint density at radius 2 is 1.73 bits per heavy atom. The third-order valence-electron chi connectivity index (χ3n) is 5.12. The fourth-order valence-electron chi connectivity index (χ4n) is 3.42. The van der Waals surface area contributed by atoms with Gasteiger partial charge in [-0.25, -0.2) is 9.97 Å². The number of carbonyl (C=O) groups excluding carboxylic acids is 2. The summed E-state index contributed by atoms with van der Waals surface area (Å²) >= 11 is 11.9. The zero-order chi connectivity index (χ0) is 23.2. The Hall–Kier alpha value is -3.20. The highest BCUT2D eigenvalue weighted by molar-refractivity contribution is 6.31. The molecule has 170 valence electrons. The third-order valence-corrected chi connectivity index (χ3v) is 5.58. The molecular weight excluding hydrogens is 463 g/mol. The third kappa shape index (κ3) is 5.98. The van der Waals surface area contributed by atoms with E-state index in [1.807, 2.05) is 6.07 Å². The lowest BCUT2D eigenvalue weighted by atomic mass is 10.1. The SMILES string of the molecule is O=C(Nc1ccc(Cl)cc1C(=O)Nc1ccc(Cl)cn1)c1ccc(N2CCCNCC2)nc1. The highest BCUT2D eigenvalue weighted by atomic mass is 35.5. The van der Waals surface area contributed by atoms with Crippen LogP contribution in [0.25, 0.3) is 0 Å². The number of hydrogen-bond acceptors (Lipinski definition) is 6. The van der Waals surface area contributed by atoms with Crippen molar-refractivity contribution in [2.24, 2.45) is 0 Å². The Balaban J connectivity index is 1.48. The molecule has 1 aromatic carbocycles. The van der Waals surface area contributed by atoms with Crippen LogP contribution in [0.4, 0.5) is 17.3 Å². The van der Waals surface area contributed by atoms with Gasteiger partial charge in [0.05, 0.1) is 21.8 Å². The van der Waals surface area contributed by atoms with E-state index in [9.17, 15) is 9.59 Å². The van der Waals surface area contributed by atoms with Gasteiger partial charge in [0.2, 0.25) is 0 Å². The first-order valence-electron chi connectivity index (χ1n) is 10.4. The van der Waals surface area contributed by atoms with Gasteiger partial charge in [0.1, 0.15) is 11.6 Å². The summed E-state index contributed by atoms with van der Waals surface area (Å²) in [4.78, 5) is 36.4. The van der Waals surface area contributed by atoms with Crippen molar-refractivity contribution in [3.8, 4) is 0 Å². The van der Waals surface area contributed by atoms with Crippen molar-refractivity contribution in [1.29, 1.82) is 0 Å². The fraction of sp³-hybridized carbons (Fsp3) is 0.217. The second-order valence-corrected chi connectivity index (χ2v) is 8.33. The molecule has 4 rings (SSSR count). The van der Waals surface area contributed by atoms with E-state index in [0.717, 1.165) is 38.4 Å². The number of anilines is 3. The van der Waals surface area contributed by atoms with Crippen molar-refractivity contribution in [1.82, 2.24) is 15.3 Å². The van der Waals surface area contributed by atoms with Crippen LogP contribution < -0.4 is 20.9 Å². The largest absolute Gasteiger partial charge is 0.355 e. The van der Waals surface area contributed by atoms with Crippen LogP contribution in [0.15, 0.2) is 54.9 Å². The van der Waals surface area contributed by atoms with Crippen molar-refractivity contribution in [3.63, 3.8) is 0 Å². The molecule has 2 aromatic heterocycles. The van der Waals surface area contributed by atoms with E-state index in [1.165, 1.54) is 18.5 Å². The van der Waals surface area contributed by atoms with Crippen LogP contribution in [0, 0.1) is 0 Å². The minimum atomic E-state index is -0.467. The Bertz CT molecular complexity index is 1130. The average molecular weight is 485 g/mol. The number of halogens is 2. The topological polar surface area (TPSA) is 99.2 Å². The van der Waals surface area contributed by atoms with Gasteiger partial charge in [0.25, 0.3) is 11.8 Å². The predicted molar refractivity (Wildman–Crippen MR) is 131 cm³/mol. The first kappa shape index (κ1) is 23.0. The second kappa shape index (κ2) is 10.6. The fourth-order valence-corrected chi connectivity index (χ4v) is 3.71. The van der Waals surface area contributed by atoms with Crippen LogP contribution >= 0.6 is 23.2 Å². The van der Waals surface area contributed by atoms with Gasteiger partial charge in [-0.2, -0.15) is 0 Å². The number of nitrogens with zero attached hydrogens (tertiary/aromatic N) is 3. The molecule has 0 saturated carbocycles. The standard InChI is InChI=1S/C23H22Cl2N6O2/c24-16-3-5-19(18(12-16)23(33)30-20-6-4-17(25)14-27-20)29-22(32)15-2-7-21(28-13-15)31-10-1-8-26-9-11-31/h2-7,12-14,26H,1,8-11H2,(H,29,32)(H,27,30,33). The van der Waals surface area contributed by atoms with Crippen molar-refractivity contribution < 1.29 is 9.59 Å². The lowest BCUT2D eigenvalue weighted by Gasteiger charge is -2.21. The number of rotatable bonds is 5. The van der Waals surface area contributed by atoms with Gasteiger partial charge < -0.3 is 20.9 Å². The Morgan fingerprint density at radius 1 is 0.879 bits per heavy atom. The number of amides is 2. The summed E-state index contributed by atoms with van der Waals surface area (Å²) in [5, 5.41) is 9.62. The Morgan fingerprint density at radius 3 is 2.48 bits per heavy atom. The summed E-state index contributed by atoms with van der Waals surface area (Å²) in [7, 11) is 0. The number of hydrogen-bond donors (Lipinski definition) is 3. The van der Waals surface area contributed by atoms with Gasteiger partial charge in [-0.15, -0.1) is 0 Å². The molecule has 1 aliphatic heterocycles. The lowest BCUT2D eigenvalue weighted by Crippen LogP contribution is -2.28. The molecule has 0 radical (unpaired) electrons. The smallest absolute Gasteiger partial charge is 0.258 e. The summed E-state index contributed by atoms with van der Waals surface area (Å²) in [5.74, 6) is 0.306. The first-order valence-corrected chi connectivity index (χ1v) is 11.2. The number of nitrogens with one attached hydrogen (secondary N) is 3. The lowest BCUT2D eigenvalue weighted by molar-refractivity contribution is 0.102. The van der Waals surface area contributed by atoms with Gasteiger partial charge >= 0.3 is 0 Å². The minimum absolute atomic E-state index is 0.203. The number of benzene rings is 1. The molecule has 3 aromatic rings. The molecule has 8 nitrogen and oxygen atoms in total. The molecule has 3 N–H and O–H groups in total. The summed E-state index contributed by atoms with van der Waals surface area (Å²) in [6, 6.07) is 11.4. The van der Waals surface area contributed by atoms with E-state index >= 15 is 0 Å². The van der Waals surface area contributed by atoms with Crippen molar-refractivity contribution >= 4 is 52.3 Å². The molecule has 0 spiro atoms. The summed E-state index contributed by atoms with van der Waals surface area (Å²) in [5.41, 5.74) is 0.903. The van der Waals surface area contributed by atoms with Gasteiger partial charge in [-0.1, -0.05) is 23.2 Å². The molecule has 0 unspecified atom stereocenters. The molecule has 2 amide bonds. The predicted octanol–water partition coefficient (Wildman–Crippen LogP) is 4.09.